The third-order valence-electron chi connectivity index (χ3n) is 2.04. The molecular formula is C11H16N2O2S. The highest BCUT2D eigenvalue weighted by Gasteiger charge is 2.11. The highest BCUT2D eigenvalue weighted by molar-refractivity contribution is 7.12. The first-order chi connectivity index (χ1) is 7.79. The number of rotatable bonds is 7. The summed E-state index contributed by atoms with van der Waals surface area (Å²) in [6.07, 6.45) is 3.76. The maximum atomic E-state index is 11.3. The summed E-state index contributed by atoms with van der Waals surface area (Å²) >= 11 is 1.36. The summed E-state index contributed by atoms with van der Waals surface area (Å²) in [6, 6.07) is 1.88. The fraction of sp³-hybridized carbons (Fsp3) is 0.364. The second-order valence-electron chi connectivity index (χ2n) is 3.23. The third kappa shape index (κ3) is 3.77. The van der Waals surface area contributed by atoms with Gasteiger partial charge in [0.25, 0.3) is 5.91 Å². The Morgan fingerprint density at radius 3 is 3.19 bits per heavy atom. The van der Waals surface area contributed by atoms with Crippen molar-refractivity contribution >= 4 is 17.2 Å². The fourth-order valence-electron chi connectivity index (χ4n) is 1.23. The largest absolute Gasteiger partial charge is 0.377 e. The lowest BCUT2D eigenvalue weighted by Gasteiger charge is -2.04. The van der Waals surface area contributed by atoms with Gasteiger partial charge in [-0.2, -0.15) is 0 Å². The van der Waals surface area contributed by atoms with Crippen LogP contribution in [0.15, 0.2) is 24.1 Å². The van der Waals surface area contributed by atoms with E-state index in [-0.39, 0.29) is 5.91 Å². The van der Waals surface area contributed by atoms with Gasteiger partial charge in [-0.3, -0.25) is 10.2 Å². The first-order valence-corrected chi connectivity index (χ1v) is 5.93. The quantitative estimate of drug-likeness (QED) is 0.251. The first-order valence-electron chi connectivity index (χ1n) is 5.05. The molecule has 0 radical (unpaired) electrons. The van der Waals surface area contributed by atoms with Crippen LogP contribution in [-0.4, -0.2) is 12.5 Å². The van der Waals surface area contributed by atoms with E-state index in [1.165, 1.54) is 11.3 Å². The zero-order chi connectivity index (χ0) is 11.8. The molecule has 0 aromatic carbocycles. The van der Waals surface area contributed by atoms with Crippen molar-refractivity contribution in [1.82, 2.24) is 5.43 Å². The zero-order valence-electron chi connectivity index (χ0n) is 9.07. The summed E-state index contributed by atoms with van der Waals surface area (Å²) in [5, 5.41) is 1.85. The fourth-order valence-corrected chi connectivity index (χ4v) is 2.04. The maximum absolute atomic E-state index is 11.3. The maximum Gasteiger partial charge on any atom is 0.275 e. The normalized spacial score (nSPS) is 10.1. The van der Waals surface area contributed by atoms with Crippen molar-refractivity contribution < 1.29 is 9.53 Å². The Balaban J connectivity index is 2.39. The average molecular weight is 240 g/mol. The van der Waals surface area contributed by atoms with Crippen LogP contribution in [0.2, 0.25) is 0 Å². The van der Waals surface area contributed by atoms with Crippen molar-refractivity contribution in [3.05, 3.63) is 34.5 Å². The van der Waals surface area contributed by atoms with Gasteiger partial charge in [0, 0.05) is 12.2 Å². The zero-order valence-corrected chi connectivity index (χ0v) is 9.89. The van der Waals surface area contributed by atoms with Gasteiger partial charge in [0.15, 0.2) is 0 Å². The van der Waals surface area contributed by atoms with E-state index < -0.39 is 0 Å². The molecule has 16 heavy (non-hydrogen) atoms. The van der Waals surface area contributed by atoms with Crippen molar-refractivity contribution in [3.8, 4) is 0 Å². The Hall–Kier alpha value is -1.17. The Morgan fingerprint density at radius 1 is 1.69 bits per heavy atom. The number of nitrogen functional groups attached to an aromatic ring is 1. The molecule has 0 spiro atoms. The van der Waals surface area contributed by atoms with Gasteiger partial charge < -0.3 is 4.74 Å². The molecule has 0 saturated carbocycles. The van der Waals surface area contributed by atoms with Crippen LogP contribution in [-0.2, 0) is 11.3 Å². The Labute approximate surface area is 99.1 Å². The number of hydrogen-bond donors (Lipinski definition) is 2. The van der Waals surface area contributed by atoms with E-state index in [0.717, 1.165) is 18.4 Å². The van der Waals surface area contributed by atoms with Gasteiger partial charge in [0.1, 0.15) is 0 Å². The molecule has 0 aliphatic carbocycles. The summed E-state index contributed by atoms with van der Waals surface area (Å²) in [5.74, 6) is 4.82. The number of ether oxygens (including phenoxy) is 1. The standard InChI is InChI=1S/C11H16N2O2S/c1-2-3-4-6-15-8-9-5-7-16-10(9)11(14)13-12/h2,5,7H,1,3-4,6,8,12H2,(H,13,14). The van der Waals surface area contributed by atoms with Crippen molar-refractivity contribution in [2.24, 2.45) is 5.84 Å². The molecule has 1 aromatic heterocycles. The predicted molar refractivity (Wildman–Crippen MR) is 65.1 cm³/mol. The second-order valence-corrected chi connectivity index (χ2v) is 4.15. The molecule has 0 bridgehead atoms. The number of carbonyl (C=O) groups excluding carboxylic acids is 1. The van der Waals surface area contributed by atoms with Gasteiger partial charge in [-0.1, -0.05) is 6.08 Å². The Kier molecular flexibility index (Phi) is 5.77. The number of nitrogens with one attached hydrogen (secondary N) is 1. The molecule has 1 aromatic rings. The van der Waals surface area contributed by atoms with E-state index in [1.807, 2.05) is 17.5 Å². The summed E-state index contributed by atoms with van der Waals surface area (Å²) in [7, 11) is 0. The van der Waals surface area contributed by atoms with Crippen LogP contribution >= 0.6 is 11.3 Å². The lowest BCUT2D eigenvalue weighted by Crippen LogP contribution is -2.30. The van der Waals surface area contributed by atoms with Crippen LogP contribution in [0.4, 0.5) is 0 Å². The number of hydrazine groups is 1. The number of unbranched alkanes of at least 4 members (excludes halogenated alkanes) is 1. The minimum atomic E-state index is -0.264. The number of allylic oxidation sites excluding steroid dienone is 1. The highest BCUT2D eigenvalue weighted by atomic mass is 32.1. The van der Waals surface area contributed by atoms with E-state index in [9.17, 15) is 4.79 Å². The SMILES string of the molecule is C=CCCCOCc1ccsc1C(=O)NN. The van der Waals surface area contributed by atoms with Crippen molar-refractivity contribution in [1.29, 1.82) is 0 Å². The van der Waals surface area contributed by atoms with Crippen molar-refractivity contribution in [2.75, 3.05) is 6.61 Å². The molecule has 1 rings (SSSR count). The molecule has 0 fully saturated rings. The summed E-state index contributed by atoms with van der Waals surface area (Å²) < 4.78 is 5.45. The lowest BCUT2D eigenvalue weighted by atomic mass is 10.2. The topological polar surface area (TPSA) is 64.3 Å². The first kappa shape index (κ1) is 12.9. The van der Waals surface area contributed by atoms with Gasteiger partial charge in [0.2, 0.25) is 0 Å². The van der Waals surface area contributed by atoms with E-state index >= 15 is 0 Å². The van der Waals surface area contributed by atoms with Gasteiger partial charge in [-0.05, 0) is 24.3 Å². The van der Waals surface area contributed by atoms with Gasteiger partial charge in [-0.15, -0.1) is 17.9 Å². The molecule has 0 atom stereocenters. The van der Waals surface area contributed by atoms with Crippen LogP contribution in [0.1, 0.15) is 28.1 Å². The highest BCUT2D eigenvalue weighted by Crippen LogP contribution is 2.17. The molecule has 1 heterocycles. The molecule has 0 aliphatic rings. The van der Waals surface area contributed by atoms with E-state index in [0.29, 0.717) is 18.1 Å². The molecule has 88 valence electrons. The minimum absolute atomic E-state index is 0.264. The second kappa shape index (κ2) is 7.16. The summed E-state index contributed by atoms with van der Waals surface area (Å²) in [5.41, 5.74) is 3.00. The summed E-state index contributed by atoms with van der Waals surface area (Å²) in [6.45, 7) is 4.76. The van der Waals surface area contributed by atoms with Gasteiger partial charge in [-0.25, -0.2) is 5.84 Å². The van der Waals surface area contributed by atoms with Crippen LogP contribution in [0, 0.1) is 0 Å². The van der Waals surface area contributed by atoms with E-state index in [2.05, 4.69) is 12.0 Å². The van der Waals surface area contributed by atoms with Gasteiger partial charge >= 0.3 is 0 Å². The van der Waals surface area contributed by atoms with Gasteiger partial charge in [0.05, 0.1) is 11.5 Å². The molecule has 1 amide bonds. The number of nitrogens with two attached hydrogens (primary N) is 1. The summed E-state index contributed by atoms with van der Waals surface area (Å²) in [4.78, 5) is 12.0. The number of hydrogen-bond acceptors (Lipinski definition) is 4. The van der Waals surface area contributed by atoms with Crippen LogP contribution in [0.5, 0.6) is 0 Å². The Bertz CT molecular complexity index is 350. The number of thiophene rings is 1. The van der Waals surface area contributed by atoms with Crippen molar-refractivity contribution in [2.45, 2.75) is 19.4 Å². The van der Waals surface area contributed by atoms with Crippen molar-refractivity contribution in [3.63, 3.8) is 0 Å². The Morgan fingerprint density at radius 2 is 2.50 bits per heavy atom. The smallest absolute Gasteiger partial charge is 0.275 e. The third-order valence-corrected chi connectivity index (χ3v) is 2.99. The minimum Gasteiger partial charge on any atom is -0.377 e. The lowest BCUT2D eigenvalue weighted by molar-refractivity contribution is 0.0944. The molecular weight excluding hydrogens is 224 g/mol. The van der Waals surface area contributed by atoms with Crippen LogP contribution in [0.3, 0.4) is 0 Å². The monoisotopic (exact) mass is 240 g/mol. The van der Waals surface area contributed by atoms with E-state index in [1.54, 1.807) is 0 Å². The number of carbonyl (C=O) groups is 1. The molecule has 0 aliphatic heterocycles. The molecule has 3 N–H and O–H groups in total. The van der Waals surface area contributed by atoms with E-state index in [4.69, 9.17) is 10.6 Å². The molecule has 5 heteroatoms. The van der Waals surface area contributed by atoms with Crippen LogP contribution < -0.4 is 11.3 Å². The molecule has 0 unspecified atom stereocenters. The predicted octanol–water partition coefficient (Wildman–Crippen LogP) is 1.83. The molecule has 0 saturated heterocycles. The molecule has 4 nitrogen and oxygen atoms in total. The average Bonchev–Trinajstić information content (AvgIpc) is 2.76. The number of amides is 1. The van der Waals surface area contributed by atoms with Crippen LogP contribution in [0.25, 0.3) is 0 Å².